The molecular formula is C16H22ClN3O4. The zero-order valence-electron chi connectivity index (χ0n) is 14.0. The lowest BCUT2D eigenvalue weighted by molar-refractivity contribution is -0.196. The van der Waals surface area contributed by atoms with Crippen LogP contribution < -0.4 is 15.8 Å². The van der Waals surface area contributed by atoms with Gasteiger partial charge >= 0.3 is 5.97 Å². The topological polar surface area (TPSA) is 93.9 Å². The van der Waals surface area contributed by atoms with Crippen LogP contribution in [0.25, 0.3) is 0 Å². The molecule has 2 rings (SSSR count). The largest absolute Gasteiger partial charge is 0.496 e. The zero-order valence-corrected chi connectivity index (χ0v) is 14.7. The Bertz CT molecular complexity index is 638. The average molecular weight is 356 g/mol. The molecule has 1 fully saturated rings. The Kier molecular flexibility index (Phi) is 5.90. The highest BCUT2D eigenvalue weighted by Crippen LogP contribution is 2.29. The molecule has 0 bridgehead atoms. The molecule has 1 aromatic rings. The minimum absolute atomic E-state index is 0.0367. The molecule has 24 heavy (non-hydrogen) atoms. The lowest BCUT2D eigenvalue weighted by atomic mass is 9.94. The number of rotatable bonds is 4. The van der Waals surface area contributed by atoms with Crippen molar-refractivity contribution in [3.05, 3.63) is 22.7 Å². The number of benzene rings is 1. The van der Waals surface area contributed by atoms with Crippen molar-refractivity contribution < 1.29 is 19.2 Å². The smallest absolute Gasteiger partial charge is 0.322 e. The van der Waals surface area contributed by atoms with Crippen LogP contribution in [0, 0.1) is 5.92 Å². The van der Waals surface area contributed by atoms with Gasteiger partial charge < -0.3 is 20.6 Å². The second kappa shape index (κ2) is 7.72. The number of halogens is 1. The van der Waals surface area contributed by atoms with Crippen LogP contribution in [0.15, 0.2) is 12.1 Å². The zero-order chi connectivity index (χ0) is 17.9. The molecule has 1 aliphatic rings. The summed E-state index contributed by atoms with van der Waals surface area (Å²) in [5, 5.41) is 4.92. The molecule has 0 radical (unpaired) electrons. The van der Waals surface area contributed by atoms with Crippen molar-refractivity contribution in [1.82, 2.24) is 10.4 Å². The van der Waals surface area contributed by atoms with Crippen molar-refractivity contribution >= 4 is 29.2 Å². The van der Waals surface area contributed by atoms with Crippen LogP contribution in [0.4, 0.5) is 5.69 Å². The van der Waals surface area contributed by atoms with Crippen LogP contribution in [0.5, 0.6) is 5.75 Å². The van der Waals surface area contributed by atoms with Crippen LogP contribution in [-0.4, -0.2) is 43.2 Å². The van der Waals surface area contributed by atoms with E-state index in [2.05, 4.69) is 5.32 Å². The number of methoxy groups -OCH3 is 1. The Labute approximate surface area is 146 Å². The van der Waals surface area contributed by atoms with Crippen LogP contribution in [0.2, 0.25) is 5.02 Å². The predicted octanol–water partition coefficient (Wildman–Crippen LogP) is 1.85. The van der Waals surface area contributed by atoms with Gasteiger partial charge in [0.25, 0.3) is 5.91 Å². The fourth-order valence-electron chi connectivity index (χ4n) is 2.75. The van der Waals surface area contributed by atoms with Gasteiger partial charge in [0.05, 0.1) is 23.4 Å². The number of ether oxygens (including phenoxy) is 1. The number of nitrogen functional groups attached to an aromatic ring is 1. The third-order valence-electron chi connectivity index (χ3n) is 4.01. The average Bonchev–Trinajstić information content (AvgIpc) is 2.51. The molecule has 1 aliphatic heterocycles. The number of nitrogens with two attached hydrogens (primary N) is 1. The Hall–Kier alpha value is -1.99. The lowest BCUT2D eigenvalue weighted by Crippen LogP contribution is -2.50. The highest BCUT2D eigenvalue weighted by atomic mass is 35.5. The highest BCUT2D eigenvalue weighted by molar-refractivity contribution is 6.33. The second-order valence-electron chi connectivity index (χ2n) is 5.89. The molecule has 0 saturated carbocycles. The number of hydroxylamine groups is 2. The molecule has 2 atom stereocenters. The van der Waals surface area contributed by atoms with Gasteiger partial charge in [0.15, 0.2) is 0 Å². The molecule has 1 amide bonds. The third kappa shape index (κ3) is 4.30. The van der Waals surface area contributed by atoms with E-state index in [1.807, 2.05) is 6.92 Å². The van der Waals surface area contributed by atoms with Gasteiger partial charge in [-0.1, -0.05) is 18.5 Å². The third-order valence-corrected chi connectivity index (χ3v) is 4.33. The van der Waals surface area contributed by atoms with E-state index in [0.29, 0.717) is 41.5 Å². The second-order valence-corrected chi connectivity index (χ2v) is 6.30. The maximum Gasteiger partial charge on any atom is 0.322 e. The predicted molar refractivity (Wildman–Crippen MR) is 90.8 cm³/mol. The summed E-state index contributed by atoms with van der Waals surface area (Å²) in [5.74, 6) is -0.117. The van der Waals surface area contributed by atoms with Crippen molar-refractivity contribution in [2.75, 3.05) is 25.9 Å². The van der Waals surface area contributed by atoms with E-state index >= 15 is 0 Å². The maximum absolute atomic E-state index is 12.6. The Morgan fingerprint density at radius 2 is 2.12 bits per heavy atom. The summed E-state index contributed by atoms with van der Waals surface area (Å²) in [5.41, 5.74) is 6.43. The summed E-state index contributed by atoms with van der Waals surface area (Å²) in [4.78, 5) is 28.7. The van der Waals surface area contributed by atoms with E-state index in [9.17, 15) is 9.59 Å². The Morgan fingerprint density at radius 1 is 1.42 bits per heavy atom. The molecule has 0 unspecified atom stereocenters. The number of hydrogen-bond donors (Lipinski definition) is 2. The summed E-state index contributed by atoms with van der Waals surface area (Å²) >= 11 is 6.01. The Morgan fingerprint density at radius 3 is 2.71 bits per heavy atom. The summed E-state index contributed by atoms with van der Waals surface area (Å²) in [7, 11) is 1.47. The highest BCUT2D eigenvalue weighted by Gasteiger charge is 2.29. The van der Waals surface area contributed by atoms with Gasteiger partial charge in [0, 0.05) is 32.1 Å². The van der Waals surface area contributed by atoms with Crippen molar-refractivity contribution in [2.24, 2.45) is 5.92 Å². The van der Waals surface area contributed by atoms with Crippen LogP contribution >= 0.6 is 11.6 Å². The minimum atomic E-state index is -0.342. The van der Waals surface area contributed by atoms with Crippen molar-refractivity contribution in [3.8, 4) is 5.75 Å². The number of hydrogen-bond acceptors (Lipinski definition) is 6. The molecule has 0 aliphatic carbocycles. The molecule has 7 nitrogen and oxygen atoms in total. The van der Waals surface area contributed by atoms with E-state index < -0.39 is 0 Å². The Balaban J connectivity index is 2.05. The van der Waals surface area contributed by atoms with Crippen LogP contribution in [0.3, 0.4) is 0 Å². The first-order valence-corrected chi connectivity index (χ1v) is 8.07. The molecule has 8 heteroatoms. The summed E-state index contributed by atoms with van der Waals surface area (Å²) < 4.78 is 5.21. The summed E-state index contributed by atoms with van der Waals surface area (Å²) in [6.45, 7) is 4.49. The summed E-state index contributed by atoms with van der Waals surface area (Å²) in [6.07, 6.45) is 0.672. The van der Waals surface area contributed by atoms with E-state index in [4.69, 9.17) is 26.9 Å². The SMILES string of the molecule is COc1cc(N)c(Cl)cc1C(=O)N[C@H]1CCN(OC(C)=O)C[C@H]1C. The number of carbonyl (C=O) groups is 2. The van der Waals surface area contributed by atoms with Gasteiger partial charge in [-0.2, -0.15) is 0 Å². The van der Waals surface area contributed by atoms with Crippen molar-refractivity contribution in [2.45, 2.75) is 26.3 Å². The molecule has 1 heterocycles. The molecular weight excluding hydrogens is 334 g/mol. The molecule has 1 saturated heterocycles. The van der Waals surface area contributed by atoms with E-state index in [-0.39, 0.29) is 23.8 Å². The van der Waals surface area contributed by atoms with Crippen molar-refractivity contribution in [1.29, 1.82) is 0 Å². The van der Waals surface area contributed by atoms with Gasteiger partial charge in [-0.15, -0.1) is 5.06 Å². The normalized spacial score (nSPS) is 21.2. The molecule has 0 aromatic heterocycles. The molecule has 132 valence electrons. The first kappa shape index (κ1) is 18.4. The van der Waals surface area contributed by atoms with Gasteiger partial charge in [-0.3, -0.25) is 9.59 Å². The number of nitrogens with one attached hydrogen (secondary N) is 1. The molecule has 0 spiro atoms. The van der Waals surface area contributed by atoms with E-state index in [1.54, 1.807) is 5.06 Å². The maximum atomic E-state index is 12.6. The van der Waals surface area contributed by atoms with Gasteiger partial charge in [-0.25, -0.2) is 0 Å². The monoisotopic (exact) mass is 355 g/mol. The van der Waals surface area contributed by atoms with Gasteiger partial charge in [-0.05, 0) is 18.4 Å². The number of piperidine rings is 1. The first-order valence-electron chi connectivity index (χ1n) is 7.69. The number of carbonyl (C=O) groups excluding carboxylic acids is 2. The number of nitrogens with zero attached hydrogens (tertiary/aromatic N) is 1. The molecule has 1 aromatic carbocycles. The number of anilines is 1. The van der Waals surface area contributed by atoms with Crippen LogP contribution in [0.1, 0.15) is 30.6 Å². The molecule has 3 N–H and O–H groups in total. The van der Waals surface area contributed by atoms with Crippen molar-refractivity contribution in [3.63, 3.8) is 0 Å². The first-order chi connectivity index (χ1) is 11.3. The van der Waals surface area contributed by atoms with Gasteiger partial charge in [0.2, 0.25) is 0 Å². The number of amides is 1. The summed E-state index contributed by atoms with van der Waals surface area (Å²) in [6, 6.07) is 3.00. The van der Waals surface area contributed by atoms with E-state index in [1.165, 1.54) is 26.2 Å². The fraction of sp³-hybridized carbons (Fsp3) is 0.500. The standard InChI is InChI=1S/C16H22ClN3O4/c1-9-8-20(24-10(2)21)5-4-14(9)19-16(22)11-6-12(17)13(18)7-15(11)23-3/h6-7,9,14H,4-5,8,18H2,1-3H3,(H,19,22)/t9-,14+/m1/s1. The van der Waals surface area contributed by atoms with E-state index in [0.717, 1.165) is 0 Å². The quantitative estimate of drug-likeness (QED) is 0.800. The van der Waals surface area contributed by atoms with Crippen LogP contribution in [-0.2, 0) is 9.63 Å². The fourth-order valence-corrected chi connectivity index (χ4v) is 2.91. The lowest BCUT2D eigenvalue weighted by Gasteiger charge is -2.35. The minimum Gasteiger partial charge on any atom is -0.496 e. The van der Waals surface area contributed by atoms with Gasteiger partial charge in [0.1, 0.15) is 5.75 Å².